The molecule has 7 rings (SSSR count). The average molecular weight is 653 g/mol. The van der Waals surface area contributed by atoms with Gasteiger partial charge in [0.2, 0.25) is 0 Å². The molecule has 6 heteroatoms. The second-order valence-corrected chi connectivity index (χ2v) is 11.7. The monoisotopic (exact) mass is 652 g/mol. The minimum absolute atomic E-state index is 0.272. The maximum Gasteiger partial charge on any atom is 0.193 e. The summed E-state index contributed by atoms with van der Waals surface area (Å²) in [4.78, 5) is 27.0. The molecule has 0 aromatic heterocycles. The van der Waals surface area contributed by atoms with Crippen LogP contribution in [0.4, 0.5) is 11.4 Å². The molecule has 0 bridgehead atoms. The first-order valence-corrected chi connectivity index (χ1v) is 16.1. The van der Waals surface area contributed by atoms with Crippen LogP contribution in [0.1, 0.15) is 31.8 Å². The molecule has 0 atom stereocenters. The Balaban J connectivity index is 1.02. The number of hydrogen-bond acceptors (Lipinski definition) is 6. The molecule has 6 nitrogen and oxygen atoms in total. The van der Waals surface area contributed by atoms with Crippen LogP contribution in [0.5, 0.6) is 23.0 Å². The molecule has 4 N–H and O–H groups in total. The zero-order valence-corrected chi connectivity index (χ0v) is 27.0. The van der Waals surface area contributed by atoms with E-state index in [0.717, 1.165) is 22.3 Å². The highest BCUT2D eigenvalue weighted by atomic mass is 16.5. The maximum absolute atomic E-state index is 13.5. The molecule has 0 aliphatic heterocycles. The molecule has 0 saturated carbocycles. The first-order chi connectivity index (χ1) is 24.4. The van der Waals surface area contributed by atoms with Gasteiger partial charge in [0, 0.05) is 22.3 Å². The van der Waals surface area contributed by atoms with Gasteiger partial charge in [-0.15, -0.1) is 0 Å². The Labute approximate surface area is 290 Å². The van der Waals surface area contributed by atoms with E-state index in [1.807, 2.05) is 109 Å². The number of anilines is 2. The van der Waals surface area contributed by atoms with Crippen molar-refractivity contribution >= 4 is 22.9 Å². The number of carbonyl (C=O) groups is 2. The first kappa shape index (κ1) is 31.7. The lowest BCUT2D eigenvalue weighted by Crippen LogP contribution is -2.07. The van der Waals surface area contributed by atoms with Crippen molar-refractivity contribution in [2.24, 2.45) is 0 Å². The summed E-state index contributed by atoms with van der Waals surface area (Å²) < 4.78 is 12.0. The van der Waals surface area contributed by atoms with Crippen LogP contribution in [0.25, 0.3) is 22.3 Å². The van der Waals surface area contributed by atoms with E-state index >= 15 is 0 Å². The summed E-state index contributed by atoms with van der Waals surface area (Å²) in [6.07, 6.45) is 0. The summed E-state index contributed by atoms with van der Waals surface area (Å²) in [5, 5.41) is 0. The third-order valence-electron chi connectivity index (χ3n) is 8.31. The third-order valence-corrected chi connectivity index (χ3v) is 8.31. The van der Waals surface area contributed by atoms with E-state index < -0.39 is 0 Å². The quantitative estimate of drug-likeness (QED) is 0.113. The number of nitrogen functional groups attached to an aromatic ring is 2. The highest BCUT2D eigenvalue weighted by molar-refractivity contribution is 6.13. The predicted molar refractivity (Wildman–Crippen MR) is 199 cm³/mol. The summed E-state index contributed by atoms with van der Waals surface area (Å²) in [5.74, 6) is 1.58. The van der Waals surface area contributed by atoms with Crippen molar-refractivity contribution < 1.29 is 19.1 Å². The van der Waals surface area contributed by atoms with Crippen LogP contribution in [0.2, 0.25) is 0 Å². The summed E-state index contributed by atoms with van der Waals surface area (Å²) in [6, 6.07) is 52.0. The van der Waals surface area contributed by atoms with Crippen molar-refractivity contribution in [2.45, 2.75) is 0 Å². The average Bonchev–Trinajstić information content (AvgIpc) is 3.17. The Morgan fingerprint density at radius 3 is 1.10 bits per heavy atom. The molecule has 0 spiro atoms. The number of nitrogens with two attached hydrogens (primary N) is 2. The van der Waals surface area contributed by atoms with E-state index in [2.05, 4.69) is 0 Å². The van der Waals surface area contributed by atoms with Gasteiger partial charge in [-0.25, -0.2) is 0 Å². The molecular formula is C44H32N2O4. The maximum atomic E-state index is 13.5. The van der Waals surface area contributed by atoms with Crippen molar-refractivity contribution in [2.75, 3.05) is 11.5 Å². The molecule has 0 unspecified atom stereocenters. The summed E-state index contributed by atoms with van der Waals surface area (Å²) >= 11 is 0. The van der Waals surface area contributed by atoms with Crippen LogP contribution >= 0.6 is 0 Å². The molecule has 0 aliphatic carbocycles. The summed E-state index contributed by atoms with van der Waals surface area (Å²) in [5.41, 5.74) is 19.1. The Kier molecular flexibility index (Phi) is 8.90. The largest absolute Gasteiger partial charge is 0.455 e. The minimum atomic E-state index is -0.272. The van der Waals surface area contributed by atoms with Crippen molar-refractivity contribution in [3.05, 3.63) is 192 Å². The standard InChI is InChI=1S/C44H32N2O4/c45-39-27-35(18-24-41(39)49-37-20-14-31(15-21-37)29-8-3-1-4-9-29)43(47)33-12-7-13-34(26-33)44(48)36-19-25-42(40(46)28-36)50-38-22-16-32(17-23-38)30-10-5-2-6-11-30/h1-28H,45-46H2. The van der Waals surface area contributed by atoms with Gasteiger partial charge in [-0.2, -0.15) is 0 Å². The smallest absolute Gasteiger partial charge is 0.193 e. The SMILES string of the molecule is Nc1cc(C(=O)c2cccc(C(=O)c3ccc(Oc4ccc(-c5ccccc5)cc4)c(N)c3)c2)ccc1Oc1ccc(-c2ccccc2)cc1. The fourth-order valence-corrected chi connectivity index (χ4v) is 5.65. The topological polar surface area (TPSA) is 105 Å². The van der Waals surface area contributed by atoms with Gasteiger partial charge in [0.15, 0.2) is 11.6 Å². The van der Waals surface area contributed by atoms with Crippen LogP contribution in [-0.4, -0.2) is 11.6 Å². The molecular weight excluding hydrogens is 620 g/mol. The highest BCUT2D eigenvalue weighted by Crippen LogP contribution is 2.32. The number of rotatable bonds is 10. The molecule has 0 heterocycles. The van der Waals surface area contributed by atoms with Gasteiger partial charge < -0.3 is 20.9 Å². The van der Waals surface area contributed by atoms with E-state index in [1.54, 1.807) is 60.7 Å². The Morgan fingerprint density at radius 1 is 0.360 bits per heavy atom. The van der Waals surface area contributed by atoms with Gasteiger partial charge >= 0.3 is 0 Å². The molecule has 7 aromatic carbocycles. The third kappa shape index (κ3) is 7.00. The van der Waals surface area contributed by atoms with E-state index in [-0.39, 0.29) is 11.6 Å². The molecule has 0 radical (unpaired) electrons. The normalized spacial score (nSPS) is 10.7. The second-order valence-electron chi connectivity index (χ2n) is 11.7. The van der Waals surface area contributed by atoms with Crippen molar-refractivity contribution in [1.29, 1.82) is 0 Å². The summed E-state index contributed by atoms with van der Waals surface area (Å²) in [7, 11) is 0. The molecule has 242 valence electrons. The van der Waals surface area contributed by atoms with E-state index in [4.69, 9.17) is 20.9 Å². The lowest BCUT2D eigenvalue weighted by molar-refractivity contribution is 0.103. The lowest BCUT2D eigenvalue weighted by Gasteiger charge is -2.12. The fraction of sp³-hybridized carbons (Fsp3) is 0. The number of ketones is 2. The number of ether oxygens (including phenoxy) is 2. The van der Waals surface area contributed by atoms with Crippen molar-refractivity contribution in [3.8, 4) is 45.3 Å². The Hall–Kier alpha value is -6.92. The van der Waals surface area contributed by atoms with E-state index in [0.29, 0.717) is 56.6 Å². The first-order valence-electron chi connectivity index (χ1n) is 16.1. The Morgan fingerprint density at radius 2 is 0.720 bits per heavy atom. The van der Waals surface area contributed by atoms with Gasteiger partial charge in [0.1, 0.15) is 23.0 Å². The van der Waals surface area contributed by atoms with Gasteiger partial charge in [0.05, 0.1) is 11.4 Å². The van der Waals surface area contributed by atoms with Gasteiger partial charge in [-0.05, 0) is 89.0 Å². The molecule has 50 heavy (non-hydrogen) atoms. The number of carbonyl (C=O) groups excluding carboxylic acids is 2. The van der Waals surface area contributed by atoms with E-state index in [1.165, 1.54) is 0 Å². The zero-order chi connectivity index (χ0) is 34.5. The van der Waals surface area contributed by atoms with Gasteiger partial charge in [-0.3, -0.25) is 9.59 Å². The fourth-order valence-electron chi connectivity index (χ4n) is 5.65. The van der Waals surface area contributed by atoms with Gasteiger partial charge in [0.25, 0.3) is 0 Å². The Bertz CT molecular complexity index is 2140. The molecule has 0 aliphatic rings. The van der Waals surface area contributed by atoms with Crippen LogP contribution in [0.15, 0.2) is 170 Å². The van der Waals surface area contributed by atoms with Crippen molar-refractivity contribution in [3.63, 3.8) is 0 Å². The predicted octanol–water partition coefficient (Wildman–Crippen LogP) is 10.2. The zero-order valence-electron chi connectivity index (χ0n) is 27.0. The summed E-state index contributed by atoms with van der Waals surface area (Å²) in [6.45, 7) is 0. The molecule has 0 amide bonds. The number of benzene rings is 7. The van der Waals surface area contributed by atoms with Gasteiger partial charge in [-0.1, -0.05) is 103 Å². The van der Waals surface area contributed by atoms with Crippen LogP contribution in [0, 0.1) is 0 Å². The highest BCUT2D eigenvalue weighted by Gasteiger charge is 2.17. The lowest BCUT2D eigenvalue weighted by atomic mass is 9.97. The van der Waals surface area contributed by atoms with E-state index in [9.17, 15) is 9.59 Å². The van der Waals surface area contributed by atoms with Crippen LogP contribution in [-0.2, 0) is 0 Å². The van der Waals surface area contributed by atoms with Crippen LogP contribution < -0.4 is 20.9 Å². The van der Waals surface area contributed by atoms with Crippen LogP contribution in [0.3, 0.4) is 0 Å². The molecule has 0 fully saturated rings. The minimum Gasteiger partial charge on any atom is -0.455 e. The number of hydrogen-bond donors (Lipinski definition) is 2. The molecule has 0 saturated heterocycles. The second kappa shape index (κ2) is 14.1. The van der Waals surface area contributed by atoms with Crippen molar-refractivity contribution in [1.82, 2.24) is 0 Å². The molecule has 7 aromatic rings.